The molecule has 0 saturated carbocycles. The molecule has 4 rings (SSSR count). The fourth-order valence-corrected chi connectivity index (χ4v) is 5.17. The lowest BCUT2D eigenvalue weighted by Crippen LogP contribution is -2.18. The van der Waals surface area contributed by atoms with Crippen LogP contribution in [0.1, 0.15) is 48.1 Å². The summed E-state index contributed by atoms with van der Waals surface area (Å²) in [5.41, 5.74) is 4.67. The van der Waals surface area contributed by atoms with Crippen LogP contribution in [-0.4, -0.2) is 46.3 Å². The van der Waals surface area contributed by atoms with E-state index in [2.05, 4.69) is 40.3 Å². The molecule has 0 aliphatic carbocycles. The van der Waals surface area contributed by atoms with E-state index in [9.17, 15) is 5.11 Å². The first kappa shape index (κ1) is 23.3. The van der Waals surface area contributed by atoms with E-state index in [1.165, 1.54) is 5.56 Å². The van der Waals surface area contributed by atoms with Gasteiger partial charge in [-0.3, -0.25) is 4.98 Å². The van der Waals surface area contributed by atoms with E-state index in [1.54, 1.807) is 24.0 Å². The number of halogens is 1. The van der Waals surface area contributed by atoms with Gasteiger partial charge in [0.15, 0.2) is 0 Å². The number of benzene rings is 1. The molecule has 5 nitrogen and oxygen atoms in total. The van der Waals surface area contributed by atoms with Gasteiger partial charge in [-0.1, -0.05) is 23.7 Å². The molecule has 2 unspecified atom stereocenters. The average Bonchev–Trinajstić information content (AvgIpc) is 3.33. The van der Waals surface area contributed by atoms with Gasteiger partial charge in [0.1, 0.15) is 6.10 Å². The molecule has 1 aliphatic heterocycles. The van der Waals surface area contributed by atoms with Gasteiger partial charge >= 0.3 is 0 Å². The van der Waals surface area contributed by atoms with Crippen LogP contribution in [0.5, 0.6) is 0 Å². The van der Waals surface area contributed by atoms with E-state index in [4.69, 9.17) is 21.4 Å². The van der Waals surface area contributed by atoms with E-state index in [0.29, 0.717) is 11.5 Å². The molecule has 1 saturated heterocycles. The van der Waals surface area contributed by atoms with Crippen LogP contribution in [0.15, 0.2) is 53.6 Å². The number of aromatic nitrogens is 2. The number of aliphatic hydroxyl groups excluding tert-OH is 2. The normalized spacial score (nSPS) is 16.8. The second kappa shape index (κ2) is 10.9. The van der Waals surface area contributed by atoms with Gasteiger partial charge in [0, 0.05) is 41.5 Å². The summed E-state index contributed by atoms with van der Waals surface area (Å²) >= 11 is 8.21. The Morgan fingerprint density at radius 3 is 2.59 bits per heavy atom. The third-order valence-electron chi connectivity index (χ3n) is 6.19. The summed E-state index contributed by atoms with van der Waals surface area (Å²) in [6.07, 6.45) is 5.93. The molecule has 1 aromatic carbocycles. The molecule has 7 heteroatoms. The van der Waals surface area contributed by atoms with Crippen molar-refractivity contribution in [2.45, 2.75) is 36.2 Å². The van der Waals surface area contributed by atoms with Crippen LogP contribution >= 0.6 is 23.4 Å². The second-order valence-corrected chi connectivity index (χ2v) is 9.50. The zero-order valence-corrected chi connectivity index (χ0v) is 19.7. The Labute approximate surface area is 198 Å². The molecular weight excluding hydrogens is 444 g/mol. The standard InChI is InChI=1S/C25H29ClN2O3S/c1-32-25-7-3-17(13-20(25)26)19(12-16-8-10-31-11-9-16)21-5-6-23(28-21)22-4-2-18(14-27-22)24(30)15-29/h2-7,13-14,16,19,24,28-30H,8-12,15H2,1H3. The topological polar surface area (TPSA) is 78.4 Å². The number of nitrogens with one attached hydrogen (secondary N) is 1. The lowest BCUT2D eigenvalue weighted by atomic mass is 9.83. The third kappa shape index (κ3) is 5.38. The Kier molecular flexibility index (Phi) is 7.92. The molecule has 0 spiro atoms. The predicted octanol–water partition coefficient (Wildman–Crippen LogP) is 5.43. The molecular formula is C25H29ClN2O3S. The Bertz CT molecular complexity index is 1020. The SMILES string of the molecule is CSc1ccc(C(CC2CCOCC2)c2ccc(-c3ccc(C(O)CO)cn3)[nH]2)cc1Cl. The highest BCUT2D eigenvalue weighted by Crippen LogP contribution is 2.37. The number of hydrogen-bond acceptors (Lipinski definition) is 5. The lowest BCUT2D eigenvalue weighted by molar-refractivity contribution is 0.0626. The van der Waals surface area contributed by atoms with Crippen molar-refractivity contribution in [1.82, 2.24) is 9.97 Å². The van der Waals surface area contributed by atoms with Gasteiger partial charge in [0.2, 0.25) is 0 Å². The summed E-state index contributed by atoms with van der Waals surface area (Å²) in [7, 11) is 0. The largest absolute Gasteiger partial charge is 0.393 e. The summed E-state index contributed by atoms with van der Waals surface area (Å²) in [6, 6.07) is 14.2. The fraction of sp³-hybridized carbons (Fsp3) is 0.400. The van der Waals surface area contributed by atoms with Crippen LogP contribution in [0, 0.1) is 5.92 Å². The molecule has 32 heavy (non-hydrogen) atoms. The maximum atomic E-state index is 9.79. The Balaban J connectivity index is 1.62. The van der Waals surface area contributed by atoms with Crippen molar-refractivity contribution in [1.29, 1.82) is 0 Å². The highest BCUT2D eigenvalue weighted by molar-refractivity contribution is 7.98. The van der Waals surface area contributed by atoms with E-state index in [0.717, 1.165) is 59.5 Å². The number of rotatable bonds is 8. The molecule has 1 fully saturated rings. The Hall–Kier alpha value is -1.83. The summed E-state index contributed by atoms with van der Waals surface area (Å²) in [4.78, 5) is 9.13. The Morgan fingerprint density at radius 1 is 1.16 bits per heavy atom. The first-order valence-electron chi connectivity index (χ1n) is 10.9. The predicted molar refractivity (Wildman–Crippen MR) is 129 cm³/mol. The Morgan fingerprint density at radius 2 is 1.94 bits per heavy atom. The van der Waals surface area contributed by atoms with E-state index in [-0.39, 0.29) is 12.5 Å². The zero-order valence-electron chi connectivity index (χ0n) is 18.1. The van der Waals surface area contributed by atoms with Crippen LogP contribution in [0.2, 0.25) is 5.02 Å². The second-order valence-electron chi connectivity index (χ2n) is 8.24. The average molecular weight is 473 g/mol. The number of aliphatic hydroxyl groups is 2. The number of ether oxygens (including phenoxy) is 1. The summed E-state index contributed by atoms with van der Waals surface area (Å²) in [5, 5.41) is 19.7. The van der Waals surface area contributed by atoms with Crippen LogP contribution in [0.4, 0.5) is 0 Å². The molecule has 3 aromatic rings. The van der Waals surface area contributed by atoms with E-state index < -0.39 is 6.10 Å². The van der Waals surface area contributed by atoms with E-state index in [1.807, 2.05) is 12.3 Å². The first-order chi connectivity index (χ1) is 15.6. The molecule has 170 valence electrons. The fourth-order valence-electron chi connectivity index (χ4n) is 4.29. The van der Waals surface area contributed by atoms with Gasteiger partial charge in [-0.15, -0.1) is 11.8 Å². The quantitative estimate of drug-likeness (QED) is 0.381. The van der Waals surface area contributed by atoms with Crippen LogP contribution < -0.4 is 0 Å². The molecule has 3 heterocycles. The van der Waals surface area contributed by atoms with Gasteiger partial charge in [-0.05, 0) is 67.3 Å². The van der Waals surface area contributed by atoms with Crippen molar-refractivity contribution >= 4 is 23.4 Å². The van der Waals surface area contributed by atoms with Crippen molar-refractivity contribution < 1.29 is 14.9 Å². The van der Waals surface area contributed by atoms with Crippen molar-refractivity contribution in [3.05, 3.63) is 70.5 Å². The zero-order chi connectivity index (χ0) is 22.5. The summed E-state index contributed by atoms with van der Waals surface area (Å²) in [6.45, 7) is 1.34. The van der Waals surface area contributed by atoms with Gasteiger partial charge in [0.25, 0.3) is 0 Å². The number of pyridine rings is 1. The first-order valence-corrected chi connectivity index (χ1v) is 12.5. The van der Waals surface area contributed by atoms with Gasteiger partial charge in [-0.2, -0.15) is 0 Å². The van der Waals surface area contributed by atoms with Gasteiger partial charge in [0.05, 0.1) is 23.0 Å². The number of H-pyrrole nitrogens is 1. The molecule has 2 atom stereocenters. The molecule has 3 N–H and O–H groups in total. The molecule has 0 bridgehead atoms. The molecule has 0 amide bonds. The van der Waals surface area contributed by atoms with Crippen LogP contribution in [0.25, 0.3) is 11.4 Å². The minimum Gasteiger partial charge on any atom is -0.393 e. The van der Waals surface area contributed by atoms with Gasteiger partial charge in [-0.25, -0.2) is 0 Å². The summed E-state index contributed by atoms with van der Waals surface area (Å²) < 4.78 is 5.57. The maximum absolute atomic E-state index is 9.79. The maximum Gasteiger partial charge on any atom is 0.104 e. The third-order valence-corrected chi connectivity index (χ3v) is 7.41. The van der Waals surface area contributed by atoms with Crippen molar-refractivity contribution in [3.63, 3.8) is 0 Å². The molecule has 0 radical (unpaired) electrons. The van der Waals surface area contributed by atoms with Crippen molar-refractivity contribution in [2.24, 2.45) is 5.92 Å². The minimum absolute atomic E-state index is 0.204. The summed E-state index contributed by atoms with van der Waals surface area (Å²) in [5.74, 6) is 0.813. The molecule has 1 aliphatic rings. The number of aromatic amines is 1. The van der Waals surface area contributed by atoms with Crippen LogP contribution in [-0.2, 0) is 4.74 Å². The van der Waals surface area contributed by atoms with E-state index >= 15 is 0 Å². The molecule has 2 aromatic heterocycles. The van der Waals surface area contributed by atoms with Crippen LogP contribution in [0.3, 0.4) is 0 Å². The highest BCUT2D eigenvalue weighted by atomic mass is 35.5. The van der Waals surface area contributed by atoms with Crippen molar-refractivity contribution in [3.8, 4) is 11.4 Å². The number of hydrogen-bond donors (Lipinski definition) is 3. The number of nitrogens with zero attached hydrogens (tertiary/aromatic N) is 1. The smallest absolute Gasteiger partial charge is 0.104 e. The van der Waals surface area contributed by atoms with Gasteiger partial charge < -0.3 is 19.9 Å². The highest BCUT2D eigenvalue weighted by Gasteiger charge is 2.24. The lowest BCUT2D eigenvalue weighted by Gasteiger charge is -2.27. The number of thioether (sulfide) groups is 1. The minimum atomic E-state index is -0.909. The van der Waals surface area contributed by atoms with Crippen molar-refractivity contribution in [2.75, 3.05) is 26.1 Å². The monoisotopic (exact) mass is 472 g/mol.